The lowest BCUT2D eigenvalue weighted by molar-refractivity contribution is 0.562. The second-order valence-corrected chi connectivity index (χ2v) is 5.51. The molecule has 0 radical (unpaired) electrons. The van der Waals surface area contributed by atoms with E-state index >= 15 is 0 Å². The number of benzene rings is 1. The third kappa shape index (κ3) is 2.74. The topological polar surface area (TPSA) is 12.0 Å². The number of halogens is 2. The van der Waals surface area contributed by atoms with E-state index in [1.54, 1.807) is 23.5 Å². The van der Waals surface area contributed by atoms with Crippen LogP contribution in [-0.2, 0) is 0 Å². The molecule has 4 heteroatoms. The van der Waals surface area contributed by atoms with Gasteiger partial charge in [-0.05, 0) is 42.6 Å². The maximum atomic E-state index is 14.0. The monoisotopic (exact) mass is 283 g/mol. The van der Waals surface area contributed by atoms with Crippen LogP contribution in [0.1, 0.15) is 29.0 Å². The molecule has 1 N–H and O–H groups in total. The maximum absolute atomic E-state index is 14.0. The first kappa shape index (κ1) is 13.5. The lowest BCUT2D eigenvalue weighted by Crippen LogP contribution is -2.22. The van der Waals surface area contributed by atoms with Crippen LogP contribution in [0, 0.1) is 12.7 Å². The Kier molecular flexibility index (Phi) is 4.38. The van der Waals surface area contributed by atoms with Gasteiger partial charge < -0.3 is 5.32 Å². The molecule has 0 aliphatic heterocycles. The molecule has 1 aromatic heterocycles. The number of hydrogen-bond donors (Lipinski definition) is 1. The number of aryl methyl sites for hydroxylation is 1. The summed E-state index contributed by atoms with van der Waals surface area (Å²) >= 11 is 7.44. The van der Waals surface area contributed by atoms with Crippen LogP contribution < -0.4 is 5.32 Å². The Morgan fingerprint density at radius 1 is 1.39 bits per heavy atom. The highest BCUT2D eigenvalue weighted by atomic mass is 35.5. The van der Waals surface area contributed by atoms with Crippen molar-refractivity contribution in [2.24, 2.45) is 0 Å². The third-order valence-corrected chi connectivity index (χ3v) is 4.16. The molecule has 2 aromatic rings. The minimum atomic E-state index is -0.263. The Hall–Kier alpha value is -0.900. The van der Waals surface area contributed by atoms with Gasteiger partial charge in [-0.25, -0.2) is 4.39 Å². The van der Waals surface area contributed by atoms with Crippen molar-refractivity contribution < 1.29 is 4.39 Å². The van der Waals surface area contributed by atoms with Crippen molar-refractivity contribution in [1.29, 1.82) is 0 Å². The quantitative estimate of drug-likeness (QED) is 0.868. The molecule has 0 spiro atoms. The van der Waals surface area contributed by atoms with Crippen LogP contribution in [0.5, 0.6) is 0 Å². The molecule has 0 saturated heterocycles. The molecule has 18 heavy (non-hydrogen) atoms. The van der Waals surface area contributed by atoms with Crippen LogP contribution in [0.4, 0.5) is 4.39 Å². The molecule has 1 aromatic carbocycles. The first-order chi connectivity index (χ1) is 8.63. The van der Waals surface area contributed by atoms with Gasteiger partial charge in [-0.1, -0.05) is 24.6 Å². The van der Waals surface area contributed by atoms with Crippen molar-refractivity contribution in [3.8, 4) is 0 Å². The molecule has 1 heterocycles. The molecular formula is C14H15ClFNS. The van der Waals surface area contributed by atoms with E-state index in [0.717, 1.165) is 11.4 Å². The molecule has 1 unspecified atom stereocenters. The van der Waals surface area contributed by atoms with E-state index < -0.39 is 0 Å². The third-order valence-electron chi connectivity index (χ3n) is 2.85. The highest BCUT2D eigenvalue weighted by Crippen LogP contribution is 2.31. The zero-order valence-electron chi connectivity index (χ0n) is 10.3. The van der Waals surface area contributed by atoms with Crippen LogP contribution in [-0.4, -0.2) is 6.54 Å². The summed E-state index contributed by atoms with van der Waals surface area (Å²) in [6.45, 7) is 4.85. The summed E-state index contributed by atoms with van der Waals surface area (Å²) in [5.74, 6) is -0.263. The normalized spacial score (nSPS) is 12.7. The van der Waals surface area contributed by atoms with Crippen LogP contribution in [0.2, 0.25) is 5.02 Å². The molecule has 0 saturated carbocycles. The zero-order valence-corrected chi connectivity index (χ0v) is 11.9. The number of hydrogen-bond acceptors (Lipinski definition) is 2. The van der Waals surface area contributed by atoms with E-state index in [2.05, 4.69) is 11.4 Å². The van der Waals surface area contributed by atoms with Crippen LogP contribution >= 0.6 is 22.9 Å². The van der Waals surface area contributed by atoms with Crippen LogP contribution in [0.15, 0.2) is 29.6 Å². The number of nitrogens with one attached hydrogen (secondary N) is 1. The van der Waals surface area contributed by atoms with E-state index in [1.807, 2.05) is 19.2 Å². The second kappa shape index (κ2) is 5.83. The first-order valence-electron chi connectivity index (χ1n) is 5.85. The van der Waals surface area contributed by atoms with Gasteiger partial charge in [-0.15, -0.1) is 11.3 Å². The summed E-state index contributed by atoms with van der Waals surface area (Å²) in [7, 11) is 0. The maximum Gasteiger partial charge on any atom is 0.129 e. The number of thiophene rings is 1. The van der Waals surface area contributed by atoms with Crippen molar-refractivity contribution in [3.63, 3.8) is 0 Å². The van der Waals surface area contributed by atoms with Gasteiger partial charge in [0.1, 0.15) is 5.82 Å². The van der Waals surface area contributed by atoms with Gasteiger partial charge in [-0.2, -0.15) is 0 Å². The van der Waals surface area contributed by atoms with Crippen molar-refractivity contribution in [3.05, 3.63) is 56.5 Å². The summed E-state index contributed by atoms with van der Waals surface area (Å²) in [6, 6.07) is 6.80. The Labute approximate surface area is 116 Å². The molecule has 0 aliphatic carbocycles. The van der Waals surface area contributed by atoms with Crippen molar-refractivity contribution in [1.82, 2.24) is 5.32 Å². The van der Waals surface area contributed by atoms with Gasteiger partial charge in [0.25, 0.3) is 0 Å². The lowest BCUT2D eigenvalue weighted by atomic mass is 10.0. The van der Waals surface area contributed by atoms with E-state index in [-0.39, 0.29) is 11.9 Å². The van der Waals surface area contributed by atoms with Crippen LogP contribution in [0.25, 0.3) is 0 Å². The predicted octanol–water partition coefficient (Wildman–Crippen LogP) is 4.55. The minimum absolute atomic E-state index is 0.104. The van der Waals surface area contributed by atoms with Gasteiger partial charge in [-0.3, -0.25) is 0 Å². The Morgan fingerprint density at radius 3 is 2.72 bits per heavy atom. The molecule has 1 nitrogen and oxygen atoms in total. The average Bonchev–Trinajstić information content (AvgIpc) is 2.73. The molecule has 0 fully saturated rings. The fourth-order valence-electron chi connectivity index (χ4n) is 1.96. The standard InChI is InChI=1S/C14H15ClFNS/c1-3-17-13(14-9(2)6-7-18-14)11-5-4-10(15)8-12(11)16/h4-8,13,17H,3H2,1-2H3. The van der Waals surface area contributed by atoms with Crippen molar-refractivity contribution in [2.45, 2.75) is 19.9 Å². The molecular weight excluding hydrogens is 269 g/mol. The SMILES string of the molecule is CCNC(c1ccc(Cl)cc1F)c1sccc1C. The predicted molar refractivity (Wildman–Crippen MR) is 76.0 cm³/mol. The molecule has 0 bridgehead atoms. The second-order valence-electron chi connectivity index (χ2n) is 4.12. The van der Waals surface area contributed by atoms with Gasteiger partial charge in [0.05, 0.1) is 6.04 Å². The van der Waals surface area contributed by atoms with E-state index in [0.29, 0.717) is 10.6 Å². The molecule has 0 aliphatic rings. The first-order valence-corrected chi connectivity index (χ1v) is 7.11. The lowest BCUT2D eigenvalue weighted by Gasteiger charge is -2.19. The highest BCUT2D eigenvalue weighted by molar-refractivity contribution is 7.10. The fourth-order valence-corrected chi connectivity index (χ4v) is 3.14. The van der Waals surface area contributed by atoms with E-state index in [9.17, 15) is 4.39 Å². The van der Waals surface area contributed by atoms with Crippen LogP contribution in [0.3, 0.4) is 0 Å². The summed E-state index contributed by atoms with van der Waals surface area (Å²) in [5, 5.41) is 5.79. The smallest absolute Gasteiger partial charge is 0.129 e. The van der Waals surface area contributed by atoms with Gasteiger partial charge in [0.15, 0.2) is 0 Å². The van der Waals surface area contributed by atoms with E-state index in [4.69, 9.17) is 11.6 Å². The zero-order chi connectivity index (χ0) is 13.1. The van der Waals surface area contributed by atoms with Crippen molar-refractivity contribution >= 4 is 22.9 Å². The Bertz CT molecular complexity index is 538. The fraction of sp³-hybridized carbons (Fsp3) is 0.286. The summed E-state index contributed by atoms with van der Waals surface area (Å²) < 4.78 is 14.0. The van der Waals surface area contributed by atoms with E-state index in [1.165, 1.54) is 11.6 Å². The van der Waals surface area contributed by atoms with Gasteiger partial charge >= 0.3 is 0 Å². The summed E-state index contributed by atoms with van der Waals surface area (Å²) in [5.41, 5.74) is 1.83. The minimum Gasteiger partial charge on any atom is -0.306 e. The molecule has 2 rings (SSSR count). The number of rotatable bonds is 4. The molecule has 1 atom stereocenters. The largest absolute Gasteiger partial charge is 0.306 e. The Morgan fingerprint density at radius 2 is 2.17 bits per heavy atom. The molecule has 96 valence electrons. The van der Waals surface area contributed by atoms with Crippen molar-refractivity contribution in [2.75, 3.05) is 6.54 Å². The summed E-state index contributed by atoms with van der Waals surface area (Å²) in [4.78, 5) is 1.15. The molecule has 0 amide bonds. The van der Waals surface area contributed by atoms with Gasteiger partial charge in [0.2, 0.25) is 0 Å². The summed E-state index contributed by atoms with van der Waals surface area (Å²) in [6.07, 6.45) is 0. The highest BCUT2D eigenvalue weighted by Gasteiger charge is 2.19. The van der Waals surface area contributed by atoms with Gasteiger partial charge in [0, 0.05) is 15.5 Å². The average molecular weight is 284 g/mol. The Balaban J connectivity index is 2.45.